The lowest BCUT2D eigenvalue weighted by Crippen LogP contribution is -2.30. The number of hydrogen-bond donors (Lipinski definition) is 3. The largest absolute Gasteiger partial charge is 0.472 e. The molecule has 5 atom stereocenters. The summed E-state index contributed by atoms with van der Waals surface area (Å²) >= 11 is 0. The zero-order chi connectivity index (χ0) is 75.5. The first-order valence-electron chi connectivity index (χ1n) is 43.6. The number of rotatable bonds is 84. The van der Waals surface area contributed by atoms with Crippen molar-refractivity contribution in [1.82, 2.24) is 0 Å². The predicted molar refractivity (Wildman–Crippen MR) is 423 cm³/mol. The van der Waals surface area contributed by atoms with E-state index in [4.69, 9.17) is 37.0 Å². The summed E-state index contributed by atoms with van der Waals surface area (Å²) < 4.78 is 68.8. The molecule has 0 heterocycles. The molecule has 2 unspecified atom stereocenters. The van der Waals surface area contributed by atoms with Gasteiger partial charge in [-0.1, -0.05) is 401 Å². The summed E-state index contributed by atoms with van der Waals surface area (Å²) in [5.41, 5.74) is 0. The number of carbonyl (C=O) groups excluding carboxylic acids is 4. The van der Waals surface area contributed by atoms with Crippen molar-refractivity contribution in [3.63, 3.8) is 0 Å². The first kappa shape index (κ1) is 101. The van der Waals surface area contributed by atoms with Crippen LogP contribution in [0.15, 0.2) is 0 Å². The minimum Gasteiger partial charge on any atom is -0.462 e. The van der Waals surface area contributed by atoms with Crippen LogP contribution in [-0.2, 0) is 65.4 Å². The fourth-order valence-corrected chi connectivity index (χ4v) is 14.7. The second kappa shape index (κ2) is 76.8. The quantitative estimate of drug-likeness (QED) is 0.0222. The topological polar surface area (TPSA) is 237 Å². The molecule has 0 aliphatic heterocycles. The van der Waals surface area contributed by atoms with E-state index in [0.717, 1.165) is 95.8 Å². The number of esters is 4. The smallest absolute Gasteiger partial charge is 0.462 e. The van der Waals surface area contributed by atoms with Gasteiger partial charge in [0.1, 0.15) is 19.3 Å². The summed E-state index contributed by atoms with van der Waals surface area (Å²) in [6.45, 7) is 7.35. The number of phosphoric acid groups is 2. The van der Waals surface area contributed by atoms with Gasteiger partial charge in [-0.05, 0) is 31.6 Å². The highest BCUT2D eigenvalue weighted by Crippen LogP contribution is 2.45. The Bertz CT molecular complexity index is 1960. The molecule has 0 aromatic rings. The molecule has 0 aromatic carbocycles. The maximum atomic E-state index is 13.1. The Balaban J connectivity index is 5.19. The molecule has 0 aliphatic rings. The van der Waals surface area contributed by atoms with Gasteiger partial charge in [-0.15, -0.1) is 0 Å². The molecule has 0 saturated carbocycles. The number of aliphatic hydroxyl groups excluding tert-OH is 1. The van der Waals surface area contributed by atoms with Crippen LogP contribution in [-0.4, -0.2) is 96.7 Å². The van der Waals surface area contributed by atoms with E-state index in [2.05, 4.69) is 34.6 Å². The van der Waals surface area contributed by atoms with Crippen LogP contribution in [0.1, 0.15) is 452 Å². The van der Waals surface area contributed by atoms with Crippen molar-refractivity contribution in [2.45, 2.75) is 470 Å². The fourth-order valence-electron chi connectivity index (χ4n) is 13.1. The highest BCUT2D eigenvalue weighted by molar-refractivity contribution is 7.47. The summed E-state index contributed by atoms with van der Waals surface area (Å²) in [5.74, 6) is -1.30. The minimum atomic E-state index is -4.96. The van der Waals surface area contributed by atoms with Gasteiger partial charge in [-0.2, -0.15) is 0 Å². The molecule has 0 amide bonds. The molecule has 0 aromatic heterocycles. The molecule has 0 bridgehead atoms. The van der Waals surface area contributed by atoms with Crippen LogP contribution in [0.2, 0.25) is 0 Å². The average molecular weight is 1510 g/mol. The monoisotopic (exact) mass is 1510 g/mol. The molecule has 0 spiro atoms. The Morgan fingerprint density at radius 1 is 0.262 bits per heavy atom. The molecule has 19 heteroatoms. The van der Waals surface area contributed by atoms with Crippen molar-refractivity contribution in [2.24, 2.45) is 5.92 Å². The van der Waals surface area contributed by atoms with Gasteiger partial charge in [0.25, 0.3) is 0 Å². The van der Waals surface area contributed by atoms with Gasteiger partial charge in [0, 0.05) is 25.7 Å². The fraction of sp³-hybridized carbons (Fsp3) is 0.952. The SMILES string of the molecule is CCCCCCCCCCCCCCCCCCCCCCCC(=O)O[C@H](COC(=O)CCCCCCCCCCCCCCCCCC(C)C)COP(=O)(O)OC[C@@H](O)COP(=O)(O)OC[C@@H](COC(=O)CCCCCCCCCC)OC(=O)CCCCCCCCCCCCCCCCCC. The lowest BCUT2D eigenvalue weighted by Gasteiger charge is -2.21. The molecule has 612 valence electrons. The highest BCUT2D eigenvalue weighted by Gasteiger charge is 2.30. The van der Waals surface area contributed by atoms with E-state index >= 15 is 0 Å². The normalized spacial score (nSPS) is 13.8. The van der Waals surface area contributed by atoms with Gasteiger partial charge in [-0.3, -0.25) is 37.3 Å². The first-order valence-corrected chi connectivity index (χ1v) is 46.6. The van der Waals surface area contributed by atoms with Crippen molar-refractivity contribution >= 4 is 39.5 Å². The third-order valence-corrected chi connectivity index (χ3v) is 21.7. The highest BCUT2D eigenvalue weighted by atomic mass is 31.2. The van der Waals surface area contributed by atoms with Crippen LogP contribution in [0.3, 0.4) is 0 Å². The summed E-state index contributed by atoms with van der Waals surface area (Å²) in [4.78, 5) is 73.0. The summed E-state index contributed by atoms with van der Waals surface area (Å²) in [6, 6.07) is 0. The molecular weight excluding hydrogens is 1340 g/mol. The lowest BCUT2D eigenvalue weighted by molar-refractivity contribution is -0.161. The van der Waals surface area contributed by atoms with Crippen molar-refractivity contribution < 1.29 is 80.2 Å². The second-order valence-corrected chi connectivity index (χ2v) is 33.6. The number of ether oxygens (including phenoxy) is 4. The maximum Gasteiger partial charge on any atom is 0.472 e. The molecule has 0 radical (unpaired) electrons. The van der Waals surface area contributed by atoms with E-state index in [-0.39, 0.29) is 25.7 Å². The average Bonchev–Trinajstić information content (AvgIpc) is 0.955. The van der Waals surface area contributed by atoms with Crippen molar-refractivity contribution in [3.8, 4) is 0 Å². The summed E-state index contributed by atoms with van der Waals surface area (Å²) in [5, 5.41) is 10.6. The van der Waals surface area contributed by atoms with Gasteiger partial charge in [0.15, 0.2) is 12.2 Å². The predicted octanol–water partition coefficient (Wildman–Crippen LogP) is 25.6. The van der Waals surface area contributed by atoms with Gasteiger partial charge in [-0.25, -0.2) is 9.13 Å². The third-order valence-electron chi connectivity index (χ3n) is 19.8. The van der Waals surface area contributed by atoms with Gasteiger partial charge < -0.3 is 33.8 Å². The molecule has 103 heavy (non-hydrogen) atoms. The van der Waals surface area contributed by atoms with E-state index in [1.54, 1.807) is 0 Å². The molecule has 0 aliphatic carbocycles. The van der Waals surface area contributed by atoms with E-state index in [9.17, 15) is 43.2 Å². The van der Waals surface area contributed by atoms with Crippen LogP contribution < -0.4 is 0 Å². The van der Waals surface area contributed by atoms with E-state index < -0.39 is 97.5 Å². The standard InChI is InChI=1S/C84H164O17P2/c1-6-9-12-15-18-21-23-25-27-29-30-31-32-33-37-42-46-50-55-60-65-70-84(89)101-80(74-95-82(87)68-63-58-53-48-44-40-38-34-35-39-43-47-51-56-61-66-77(4)5)76-99-103(92,93)97-72-78(85)71-96-102(90,91)98-75-79(73-94-81(86)67-62-57-52-20-17-14-11-8-3)100-83(88)69-64-59-54-49-45-41-36-28-26-24-22-19-16-13-10-7-2/h77-80,85H,6-76H2,1-5H3,(H,90,91)(H,92,93)/t78-,79+,80+/m0/s1. The third kappa shape index (κ3) is 78.0. The Hall–Kier alpha value is -1.94. The minimum absolute atomic E-state index is 0.109. The Kier molecular flexibility index (Phi) is 75.4. The zero-order valence-corrected chi connectivity index (χ0v) is 69.3. The number of aliphatic hydroxyl groups is 1. The van der Waals surface area contributed by atoms with E-state index in [1.807, 2.05) is 0 Å². The molecule has 3 N–H and O–H groups in total. The van der Waals surface area contributed by atoms with Crippen LogP contribution >= 0.6 is 15.6 Å². The number of phosphoric ester groups is 2. The van der Waals surface area contributed by atoms with Crippen molar-refractivity contribution in [3.05, 3.63) is 0 Å². The zero-order valence-electron chi connectivity index (χ0n) is 67.5. The Morgan fingerprint density at radius 3 is 0.660 bits per heavy atom. The van der Waals surface area contributed by atoms with Gasteiger partial charge >= 0.3 is 39.5 Å². The van der Waals surface area contributed by atoms with Crippen LogP contribution in [0.5, 0.6) is 0 Å². The number of hydrogen-bond acceptors (Lipinski definition) is 15. The van der Waals surface area contributed by atoms with Gasteiger partial charge in [0.05, 0.1) is 26.4 Å². The molecule has 0 saturated heterocycles. The van der Waals surface area contributed by atoms with Crippen molar-refractivity contribution in [2.75, 3.05) is 39.6 Å². The molecule has 17 nitrogen and oxygen atoms in total. The maximum absolute atomic E-state index is 13.1. The molecule has 0 rings (SSSR count). The summed E-state index contributed by atoms with van der Waals surface area (Å²) in [7, 11) is -9.92. The van der Waals surface area contributed by atoms with E-state index in [0.29, 0.717) is 25.7 Å². The molecular formula is C84H164O17P2. The van der Waals surface area contributed by atoms with Crippen molar-refractivity contribution in [1.29, 1.82) is 0 Å². The number of unbranched alkanes of at least 4 members (excludes halogenated alkanes) is 56. The Labute approximate surface area is 632 Å². The van der Waals surface area contributed by atoms with Gasteiger partial charge in [0.2, 0.25) is 0 Å². The first-order chi connectivity index (χ1) is 50.0. The second-order valence-electron chi connectivity index (χ2n) is 30.7. The molecule has 0 fully saturated rings. The summed E-state index contributed by atoms with van der Waals surface area (Å²) in [6.07, 6.45) is 69.5. The van der Waals surface area contributed by atoms with E-state index in [1.165, 1.54) is 276 Å². The van der Waals surface area contributed by atoms with Crippen LogP contribution in [0.4, 0.5) is 0 Å². The van der Waals surface area contributed by atoms with Crippen LogP contribution in [0, 0.1) is 5.92 Å². The van der Waals surface area contributed by atoms with Crippen LogP contribution in [0.25, 0.3) is 0 Å². The number of carbonyl (C=O) groups is 4. The lowest BCUT2D eigenvalue weighted by atomic mass is 10.0. The Morgan fingerprint density at radius 2 is 0.447 bits per heavy atom.